The molecule has 0 aliphatic carbocycles. The number of hydrogen-bond acceptors (Lipinski definition) is 5. The van der Waals surface area contributed by atoms with Gasteiger partial charge in [0.2, 0.25) is 5.95 Å². The van der Waals surface area contributed by atoms with Crippen molar-refractivity contribution in [3.05, 3.63) is 41.6 Å². The van der Waals surface area contributed by atoms with Crippen molar-refractivity contribution in [1.29, 1.82) is 0 Å². The second-order valence-electron chi connectivity index (χ2n) is 6.64. The van der Waals surface area contributed by atoms with E-state index in [4.69, 9.17) is 9.40 Å². The zero-order valence-electron chi connectivity index (χ0n) is 15.0. The maximum Gasteiger partial charge on any atom is 0.287 e. The fourth-order valence-corrected chi connectivity index (χ4v) is 3.24. The van der Waals surface area contributed by atoms with Gasteiger partial charge < -0.3 is 14.6 Å². The molecule has 1 fully saturated rings. The Balaban J connectivity index is 1.69. The molecule has 1 atom stereocenters. The smallest absolute Gasteiger partial charge is 0.287 e. The standard InChI is InChI=1S/C19H26N4O2/c1-14(21-18(24)17-9-8-12-25-17)16-13-20-19(22-15(16)2)23-10-6-4-3-5-7-11-23/h8-9,12-14H,3-7,10-11H2,1-2H3,(H,21,24). The molecule has 3 rings (SSSR count). The lowest BCUT2D eigenvalue weighted by molar-refractivity contribution is 0.0911. The Morgan fingerprint density at radius 1 is 1.24 bits per heavy atom. The summed E-state index contributed by atoms with van der Waals surface area (Å²) < 4.78 is 5.13. The molecule has 0 spiro atoms. The van der Waals surface area contributed by atoms with Crippen LogP contribution in [0.1, 0.15) is 66.9 Å². The molecule has 134 valence electrons. The van der Waals surface area contributed by atoms with Gasteiger partial charge in [-0.3, -0.25) is 4.79 Å². The van der Waals surface area contributed by atoms with Gasteiger partial charge >= 0.3 is 0 Å². The third kappa shape index (κ3) is 4.38. The van der Waals surface area contributed by atoms with Gasteiger partial charge in [-0.15, -0.1) is 0 Å². The van der Waals surface area contributed by atoms with Crippen molar-refractivity contribution in [2.45, 2.75) is 52.0 Å². The van der Waals surface area contributed by atoms with Gasteiger partial charge in [-0.05, 0) is 38.8 Å². The predicted octanol–water partition coefficient (Wildman–Crippen LogP) is 3.64. The van der Waals surface area contributed by atoms with Gasteiger partial charge in [-0.2, -0.15) is 0 Å². The number of aromatic nitrogens is 2. The quantitative estimate of drug-likeness (QED) is 0.918. The first-order valence-electron chi connectivity index (χ1n) is 9.08. The summed E-state index contributed by atoms with van der Waals surface area (Å²) in [5.41, 5.74) is 1.83. The Hall–Kier alpha value is -2.37. The Labute approximate surface area is 148 Å². The Kier molecular flexibility index (Phi) is 5.68. The van der Waals surface area contributed by atoms with Crippen molar-refractivity contribution in [2.24, 2.45) is 0 Å². The number of aryl methyl sites for hydroxylation is 1. The molecular formula is C19H26N4O2. The lowest BCUT2D eigenvalue weighted by atomic mass is 10.1. The summed E-state index contributed by atoms with van der Waals surface area (Å²) in [6.45, 7) is 5.94. The molecule has 3 heterocycles. The molecule has 6 nitrogen and oxygen atoms in total. The zero-order chi connectivity index (χ0) is 17.6. The molecule has 0 aromatic carbocycles. The molecule has 1 aliphatic heterocycles. The topological polar surface area (TPSA) is 71.3 Å². The van der Waals surface area contributed by atoms with Crippen molar-refractivity contribution in [3.63, 3.8) is 0 Å². The van der Waals surface area contributed by atoms with Crippen LogP contribution in [0.3, 0.4) is 0 Å². The SMILES string of the molecule is Cc1nc(N2CCCCCCC2)ncc1C(C)NC(=O)c1ccco1. The molecule has 1 amide bonds. The number of nitrogens with zero attached hydrogens (tertiary/aromatic N) is 3. The van der Waals surface area contributed by atoms with Gasteiger partial charge in [0.1, 0.15) is 0 Å². The summed E-state index contributed by atoms with van der Waals surface area (Å²) in [5.74, 6) is 0.875. The van der Waals surface area contributed by atoms with Gasteiger partial charge in [-0.1, -0.05) is 19.3 Å². The number of furan rings is 1. The highest BCUT2D eigenvalue weighted by Crippen LogP contribution is 2.20. The van der Waals surface area contributed by atoms with Crippen molar-refractivity contribution < 1.29 is 9.21 Å². The van der Waals surface area contributed by atoms with E-state index in [1.165, 1.54) is 38.4 Å². The molecule has 6 heteroatoms. The second kappa shape index (κ2) is 8.14. The summed E-state index contributed by atoms with van der Waals surface area (Å²) in [4.78, 5) is 23.7. The van der Waals surface area contributed by atoms with Crippen molar-refractivity contribution >= 4 is 11.9 Å². The number of carbonyl (C=O) groups is 1. The fourth-order valence-electron chi connectivity index (χ4n) is 3.24. The molecular weight excluding hydrogens is 316 g/mol. The third-order valence-corrected chi connectivity index (χ3v) is 4.70. The molecule has 0 radical (unpaired) electrons. The summed E-state index contributed by atoms with van der Waals surface area (Å²) >= 11 is 0. The zero-order valence-corrected chi connectivity index (χ0v) is 15.0. The molecule has 1 saturated heterocycles. The van der Waals surface area contributed by atoms with Gasteiger partial charge in [0.05, 0.1) is 12.3 Å². The molecule has 2 aromatic heterocycles. The highest BCUT2D eigenvalue weighted by Gasteiger charge is 2.18. The first-order chi connectivity index (χ1) is 12.1. The maximum absolute atomic E-state index is 12.1. The first-order valence-corrected chi connectivity index (χ1v) is 9.08. The fraction of sp³-hybridized carbons (Fsp3) is 0.526. The van der Waals surface area contributed by atoms with E-state index in [9.17, 15) is 4.79 Å². The Bertz CT molecular complexity index is 691. The van der Waals surface area contributed by atoms with Crippen molar-refractivity contribution in [2.75, 3.05) is 18.0 Å². The summed E-state index contributed by atoms with van der Waals surface area (Å²) in [6, 6.07) is 3.17. The average Bonchev–Trinajstić information content (AvgIpc) is 3.09. The van der Waals surface area contributed by atoms with Crippen LogP contribution >= 0.6 is 0 Å². The monoisotopic (exact) mass is 342 g/mol. The predicted molar refractivity (Wildman–Crippen MR) is 96.7 cm³/mol. The number of nitrogens with one attached hydrogen (secondary N) is 1. The number of carbonyl (C=O) groups excluding carboxylic acids is 1. The van der Waals surface area contributed by atoms with E-state index in [2.05, 4.69) is 15.2 Å². The summed E-state index contributed by atoms with van der Waals surface area (Å²) in [6.07, 6.45) is 9.61. The number of rotatable bonds is 4. The molecule has 1 unspecified atom stereocenters. The molecule has 2 aromatic rings. The van der Waals surface area contributed by atoms with E-state index in [-0.39, 0.29) is 11.9 Å². The minimum atomic E-state index is -0.232. The lowest BCUT2D eigenvalue weighted by Crippen LogP contribution is -2.30. The minimum absolute atomic E-state index is 0.181. The number of amides is 1. The second-order valence-corrected chi connectivity index (χ2v) is 6.64. The van der Waals surface area contributed by atoms with Crippen LogP contribution < -0.4 is 10.2 Å². The first kappa shape index (κ1) is 17.5. The van der Waals surface area contributed by atoms with Gasteiger partial charge in [-0.25, -0.2) is 9.97 Å². The van der Waals surface area contributed by atoms with Gasteiger partial charge in [0.25, 0.3) is 5.91 Å². The highest BCUT2D eigenvalue weighted by atomic mass is 16.3. The van der Waals surface area contributed by atoms with E-state index in [1.807, 2.05) is 20.0 Å². The largest absolute Gasteiger partial charge is 0.459 e. The summed E-state index contributed by atoms with van der Waals surface area (Å²) in [5, 5.41) is 2.93. The normalized spacial score (nSPS) is 16.8. The van der Waals surface area contributed by atoms with Crippen LogP contribution in [0.25, 0.3) is 0 Å². The van der Waals surface area contributed by atoms with E-state index in [1.54, 1.807) is 12.1 Å². The maximum atomic E-state index is 12.1. The van der Waals surface area contributed by atoms with Crippen LogP contribution in [0.4, 0.5) is 5.95 Å². The van der Waals surface area contributed by atoms with Crippen LogP contribution in [0.2, 0.25) is 0 Å². The summed E-state index contributed by atoms with van der Waals surface area (Å²) in [7, 11) is 0. The van der Waals surface area contributed by atoms with Crippen LogP contribution in [-0.2, 0) is 0 Å². The van der Waals surface area contributed by atoms with E-state index < -0.39 is 0 Å². The van der Waals surface area contributed by atoms with E-state index in [0.29, 0.717) is 5.76 Å². The molecule has 1 N–H and O–H groups in total. The molecule has 25 heavy (non-hydrogen) atoms. The Morgan fingerprint density at radius 2 is 1.96 bits per heavy atom. The van der Waals surface area contributed by atoms with Crippen LogP contribution in [-0.4, -0.2) is 29.0 Å². The van der Waals surface area contributed by atoms with Crippen molar-refractivity contribution in [1.82, 2.24) is 15.3 Å². The highest BCUT2D eigenvalue weighted by molar-refractivity contribution is 5.91. The van der Waals surface area contributed by atoms with Gasteiger partial charge in [0, 0.05) is 30.5 Å². The van der Waals surface area contributed by atoms with Crippen LogP contribution in [0, 0.1) is 6.92 Å². The average molecular weight is 342 g/mol. The third-order valence-electron chi connectivity index (χ3n) is 4.70. The van der Waals surface area contributed by atoms with Crippen LogP contribution in [0.15, 0.2) is 29.0 Å². The van der Waals surface area contributed by atoms with Crippen LogP contribution in [0.5, 0.6) is 0 Å². The van der Waals surface area contributed by atoms with E-state index in [0.717, 1.165) is 30.3 Å². The van der Waals surface area contributed by atoms with Gasteiger partial charge in [0.15, 0.2) is 5.76 Å². The number of anilines is 1. The molecule has 0 saturated carbocycles. The number of hydrogen-bond donors (Lipinski definition) is 1. The van der Waals surface area contributed by atoms with Crippen molar-refractivity contribution in [3.8, 4) is 0 Å². The molecule has 1 aliphatic rings. The minimum Gasteiger partial charge on any atom is -0.459 e. The molecule has 0 bridgehead atoms. The lowest BCUT2D eigenvalue weighted by Gasteiger charge is -2.25. The van der Waals surface area contributed by atoms with E-state index >= 15 is 0 Å². The Morgan fingerprint density at radius 3 is 2.60 bits per heavy atom.